The molecule has 88 valence electrons. The van der Waals surface area contributed by atoms with Gasteiger partial charge in [-0.2, -0.15) is 0 Å². The first-order valence-corrected chi connectivity index (χ1v) is 5.80. The number of anilines is 1. The van der Waals surface area contributed by atoms with Crippen LogP contribution >= 0.6 is 0 Å². The maximum Gasteiger partial charge on any atom is 0.315 e. The second kappa shape index (κ2) is 4.39. The summed E-state index contributed by atoms with van der Waals surface area (Å²) < 4.78 is 10.7. The highest BCUT2D eigenvalue weighted by atomic mass is 16.5. The Morgan fingerprint density at radius 2 is 2.12 bits per heavy atom. The minimum atomic E-state index is 0.310. The quantitative estimate of drug-likeness (QED) is 0.759. The standard InChI is InChI=1S/C10H16N4O2/c1-2-7(1)11-5-9-13-14-10(16-9)12-8-3-4-15-6-8/h7-8,11H,1-6H2,(H,12,14). The van der Waals surface area contributed by atoms with Crippen molar-refractivity contribution in [3.05, 3.63) is 5.89 Å². The Bertz CT molecular complexity index is 344. The van der Waals surface area contributed by atoms with E-state index in [9.17, 15) is 0 Å². The molecule has 1 atom stereocenters. The zero-order valence-electron chi connectivity index (χ0n) is 9.11. The van der Waals surface area contributed by atoms with Gasteiger partial charge in [0.15, 0.2) is 0 Å². The van der Waals surface area contributed by atoms with Gasteiger partial charge in [-0.3, -0.25) is 0 Å². The number of nitrogens with one attached hydrogen (secondary N) is 2. The molecule has 0 spiro atoms. The van der Waals surface area contributed by atoms with Crippen molar-refractivity contribution in [1.29, 1.82) is 0 Å². The SMILES string of the molecule is C1CC(Nc2nnc(CNC3CC3)o2)CO1. The molecule has 0 amide bonds. The normalized spacial score (nSPS) is 24.9. The molecule has 0 bridgehead atoms. The van der Waals surface area contributed by atoms with E-state index in [2.05, 4.69) is 20.8 Å². The number of rotatable bonds is 5. The molecule has 1 unspecified atom stereocenters. The molecule has 16 heavy (non-hydrogen) atoms. The van der Waals surface area contributed by atoms with Crippen LogP contribution in [0.25, 0.3) is 0 Å². The van der Waals surface area contributed by atoms with E-state index in [0.29, 0.717) is 30.5 Å². The summed E-state index contributed by atoms with van der Waals surface area (Å²) in [7, 11) is 0. The maximum atomic E-state index is 5.47. The summed E-state index contributed by atoms with van der Waals surface area (Å²) in [6, 6.07) is 1.47. The van der Waals surface area contributed by atoms with Crippen LogP contribution in [0.4, 0.5) is 6.01 Å². The van der Waals surface area contributed by atoms with Crippen molar-refractivity contribution in [3.63, 3.8) is 0 Å². The molecule has 0 radical (unpaired) electrons. The largest absolute Gasteiger partial charge is 0.407 e. The van der Waals surface area contributed by atoms with E-state index in [4.69, 9.17) is 9.15 Å². The Balaban J connectivity index is 1.50. The third kappa shape index (κ3) is 2.51. The summed E-state index contributed by atoms with van der Waals surface area (Å²) in [6.07, 6.45) is 3.52. The third-order valence-corrected chi connectivity index (χ3v) is 2.84. The molecule has 6 heteroatoms. The minimum absolute atomic E-state index is 0.310. The van der Waals surface area contributed by atoms with Crippen molar-refractivity contribution in [1.82, 2.24) is 15.5 Å². The molecule has 2 aliphatic rings. The second-order valence-corrected chi connectivity index (χ2v) is 4.36. The number of hydrogen-bond donors (Lipinski definition) is 2. The fourth-order valence-electron chi connectivity index (χ4n) is 1.73. The number of ether oxygens (including phenoxy) is 1. The molecule has 2 N–H and O–H groups in total. The molecule has 3 rings (SSSR count). The van der Waals surface area contributed by atoms with E-state index in [0.717, 1.165) is 19.6 Å². The van der Waals surface area contributed by atoms with Gasteiger partial charge in [-0.15, -0.1) is 5.10 Å². The lowest BCUT2D eigenvalue weighted by Crippen LogP contribution is -2.19. The highest BCUT2D eigenvalue weighted by Gasteiger charge is 2.22. The van der Waals surface area contributed by atoms with E-state index in [1.54, 1.807) is 0 Å². The Labute approximate surface area is 93.8 Å². The van der Waals surface area contributed by atoms with Crippen LogP contribution in [0.15, 0.2) is 4.42 Å². The third-order valence-electron chi connectivity index (χ3n) is 2.84. The van der Waals surface area contributed by atoms with Crippen molar-refractivity contribution in [2.45, 2.75) is 37.9 Å². The van der Waals surface area contributed by atoms with Gasteiger partial charge in [0.2, 0.25) is 5.89 Å². The van der Waals surface area contributed by atoms with E-state index in [1.165, 1.54) is 12.8 Å². The predicted molar refractivity (Wildman–Crippen MR) is 57.0 cm³/mol. The Morgan fingerprint density at radius 1 is 1.19 bits per heavy atom. The molecule has 0 aromatic carbocycles. The smallest absolute Gasteiger partial charge is 0.315 e. The first-order chi connectivity index (χ1) is 7.90. The lowest BCUT2D eigenvalue weighted by atomic mass is 10.3. The highest BCUT2D eigenvalue weighted by Crippen LogP contribution is 2.19. The van der Waals surface area contributed by atoms with E-state index >= 15 is 0 Å². The molecule has 1 aromatic heterocycles. The van der Waals surface area contributed by atoms with Gasteiger partial charge in [-0.05, 0) is 19.3 Å². The molecule has 6 nitrogen and oxygen atoms in total. The Hall–Kier alpha value is -1.14. The van der Waals surface area contributed by atoms with Crippen molar-refractivity contribution in [2.24, 2.45) is 0 Å². The summed E-state index contributed by atoms with van der Waals surface area (Å²) in [4.78, 5) is 0. The Kier molecular flexibility index (Phi) is 2.75. The fourth-order valence-corrected chi connectivity index (χ4v) is 1.73. The van der Waals surface area contributed by atoms with Crippen LogP contribution in [0.2, 0.25) is 0 Å². The van der Waals surface area contributed by atoms with Crippen LogP contribution in [-0.4, -0.2) is 35.5 Å². The first kappa shape index (κ1) is 10.0. The summed E-state index contributed by atoms with van der Waals surface area (Å²) in [5, 5.41) is 14.4. The van der Waals surface area contributed by atoms with Crippen LogP contribution in [0.5, 0.6) is 0 Å². The maximum absolute atomic E-state index is 5.47. The zero-order chi connectivity index (χ0) is 10.8. The van der Waals surface area contributed by atoms with E-state index in [-0.39, 0.29) is 0 Å². The molecule has 2 heterocycles. The average molecular weight is 224 g/mol. The van der Waals surface area contributed by atoms with Crippen molar-refractivity contribution in [3.8, 4) is 0 Å². The second-order valence-electron chi connectivity index (χ2n) is 4.36. The summed E-state index contributed by atoms with van der Waals surface area (Å²) in [6.45, 7) is 2.19. The van der Waals surface area contributed by atoms with Crippen molar-refractivity contribution in [2.75, 3.05) is 18.5 Å². The van der Waals surface area contributed by atoms with Gasteiger partial charge in [0.1, 0.15) is 0 Å². The number of aromatic nitrogens is 2. The summed E-state index contributed by atoms with van der Waals surface area (Å²) in [5.41, 5.74) is 0. The Morgan fingerprint density at radius 3 is 2.88 bits per heavy atom. The lowest BCUT2D eigenvalue weighted by molar-refractivity contribution is 0.195. The molecular weight excluding hydrogens is 208 g/mol. The minimum Gasteiger partial charge on any atom is -0.407 e. The topological polar surface area (TPSA) is 72.2 Å². The molecule has 2 fully saturated rings. The fraction of sp³-hybridized carbons (Fsp3) is 0.800. The first-order valence-electron chi connectivity index (χ1n) is 5.80. The number of nitrogens with zero attached hydrogens (tertiary/aromatic N) is 2. The van der Waals surface area contributed by atoms with Gasteiger partial charge in [-0.25, -0.2) is 0 Å². The van der Waals surface area contributed by atoms with E-state index < -0.39 is 0 Å². The average Bonchev–Trinajstić information content (AvgIpc) is 2.78. The molecule has 1 saturated heterocycles. The molecule has 1 aromatic rings. The van der Waals surface area contributed by atoms with Crippen molar-refractivity contribution < 1.29 is 9.15 Å². The number of hydrogen-bond acceptors (Lipinski definition) is 6. The van der Waals surface area contributed by atoms with Crippen molar-refractivity contribution >= 4 is 6.01 Å². The van der Waals surface area contributed by atoms with Crippen LogP contribution < -0.4 is 10.6 Å². The lowest BCUT2D eigenvalue weighted by Gasteiger charge is -2.06. The summed E-state index contributed by atoms with van der Waals surface area (Å²) in [5.74, 6) is 0.647. The summed E-state index contributed by atoms with van der Waals surface area (Å²) >= 11 is 0. The van der Waals surface area contributed by atoms with Crippen LogP contribution in [-0.2, 0) is 11.3 Å². The van der Waals surface area contributed by atoms with Crippen LogP contribution in [0, 0.1) is 0 Å². The molecule has 1 aliphatic carbocycles. The van der Waals surface area contributed by atoms with Gasteiger partial charge in [-0.1, -0.05) is 5.10 Å². The highest BCUT2D eigenvalue weighted by molar-refractivity contribution is 5.19. The van der Waals surface area contributed by atoms with Crippen LogP contribution in [0.1, 0.15) is 25.2 Å². The van der Waals surface area contributed by atoms with Crippen LogP contribution in [0.3, 0.4) is 0 Å². The van der Waals surface area contributed by atoms with Gasteiger partial charge in [0, 0.05) is 12.6 Å². The monoisotopic (exact) mass is 224 g/mol. The zero-order valence-corrected chi connectivity index (χ0v) is 9.11. The molecule has 1 saturated carbocycles. The van der Waals surface area contributed by atoms with E-state index in [1.807, 2.05) is 0 Å². The molecular formula is C10H16N4O2. The van der Waals surface area contributed by atoms with Gasteiger partial charge >= 0.3 is 6.01 Å². The van der Waals surface area contributed by atoms with Gasteiger partial charge in [0.05, 0.1) is 19.2 Å². The predicted octanol–water partition coefficient (Wildman–Crippen LogP) is 0.522. The van der Waals surface area contributed by atoms with Gasteiger partial charge < -0.3 is 19.8 Å². The van der Waals surface area contributed by atoms with Gasteiger partial charge in [0.25, 0.3) is 0 Å². The molecule has 1 aliphatic heterocycles.